The van der Waals surface area contributed by atoms with Crippen LogP contribution in [0, 0.1) is 23.1 Å². The van der Waals surface area contributed by atoms with E-state index in [1.165, 1.54) is 12.1 Å². The molecule has 7 heteroatoms. The lowest BCUT2D eigenvalue weighted by molar-refractivity contribution is 0.0838. The maximum absolute atomic E-state index is 13.2. The van der Waals surface area contributed by atoms with Gasteiger partial charge in [0.2, 0.25) is 0 Å². The Bertz CT molecular complexity index is 1020. The number of hydrogen-bond acceptors (Lipinski definition) is 5. The van der Waals surface area contributed by atoms with Crippen molar-refractivity contribution in [2.45, 2.75) is 57.3 Å². The molecular weight excluding hydrogens is 479 g/mol. The van der Waals surface area contributed by atoms with Crippen molar-refractivity contribution in [1.82, 2.24) is 4.90 Å². The molecule has 0 aromatic heterocycles. The molecule has 0 amide bonds. The van der Waals surface area contributed by atoms with E-state index >= 15 is 0 Å². The van der Waals surface area contributed by atoms with Crippen molar-refractivity contribution in [2.75, 3.05) is 33.9 Å². The summed E-state index contributed by atoms with van der Waals surface area (Å²) in [7, 11) is 3.23. The maximum atomic E-state index is 13.2. The number of Topliss-reactive ketones (excluding diaryl/α,β-unsaturated/α-hetero) is 1. The zero-order chi connectivity index (χ0) is 25.3. The molecule has 0 aliphatic carbocycles. The van der Waals surface area contributed by atoms with Crippen LogP contribution in [0.25, 0.3) is 0 Å². The Kier molecular flexibility index (Phi) is 11.7. The number of carbonyl (C=O) groups excluding carboxylic acids is 1. The second-order valence-electron chi connectivity index (χ2n) is 9.46. The zero-order valence-corrected chi connectivity index (χ0v) is 22.4. The van der Waals surface area contributed by atoms with Gasteiger partial charge in [-0.15, -0.1) is 12.4 Å². The number of methoxy groups -OCH3 is 2. The standard InChI is InChI=1S/C29H37FN2O3.ClH/c1-4-5-15-29(21-31,24-9-12-26(34-2)27(20-24)35-3)16-6-17-32-18-13-23(14-19-32)28(33)22-7-10-25(30)11-8-22;/h7-12,20,23H,4-6,13-19H2,1-3H3;1H. The topological polar surface area (TPSA) is 62.6 Å². The Morgan fingerprint density at radius 2 is 1.69 bits per heavy atom. The van der Waals surface area contributed by atoms with E-state index in [0.717, 1.165) is 70.1 Å². The SMILES string of the molecule is CCCCC(C#N)(CCCN1CCC(C(=O)c2ccc(F)cc2)CC1)c1ccc(OC)c(OC)c1.Cl. The van der Waals surface area contributed by atoms with Gasteiger partial charge in [-0.3, -0.25) is 4.79 Å². The minimum absolute atomic E-state index is 0. The second-order valence-corrected chi connectivity index (χ2v) is 9.46. The summed E-state index contributed by atoms with van der Waals surface area (Å²) in [5.41, 5.74) is 1.01. The number of rotatable bonds is 12. The number of benzene rings is 2. The number of piperidine rings is 1. The van der Waals surface area contributed by atoms with Gasteiger partial charge in [0, 0.05) is 11.5 Å². The molecule has 196 valence electrons. The van der Waals surface area contributed by atoms with Crippen molar-refractivity contribution in [2.24, 2.45) is 5.92 Å². The van der Waals surface area contributed by atoms with Gasteiger partial charge >= 0.3 is 0 Å². The molecule has 1 atom stereocenters. The van der Waals surface area contributed by atoms with Crippen LogP contribution in [0.2, 0.25) is 0 Å². The Balaban J connectivity index is 0.00000456. The normalized spacial score (nSPS) is 15.9. The monoisotopic (exact) mass is 516 g/mol. The Labute approximate surface area is 221 Å². The van der Waals surface area contributed by atoms with Crippen LogP contribution in [-0.4, -0.2) is 44.5 Å². The summed E-state index contributed by atoms with van der Waals surface area (Å²) in [6.07, 6.45) is 6.13. The summed E-state index contributed by atoms with van der Waals surface area (Å²) in [5.74, 6) is 1.09. The molecule has 0 bridgehead atoms. The summed E-state index contributed by atoms with van der Waals surface area (Å²) >= 11 is 0. The van der Waals surface area contributed by atoms with Crippen LogP contribution in [0.5, 0.6) is 11.5 Å². The van der Waals surface area contributed by atoms with Crippen molar-refractivity contribution < 1.29 is 18.7 Å². The third kappa shape index (κ3) is 7.21. The van der Waals surface area contributed by atoms with Gasteiger partial charge < -0.3 is 14.4 Å². The summed E-state index contributed by atoms with van der Waals surface area (Å²) in [5, 5.41) is 10.3. The highest BCUT2D eigenvalue weighted by Gasteiger charge is 2.33. The van der Waals surface area contributed by atoms with Crippen molar-refractivity contribution in [3.8, 4) is 17.6 Å². The lowest BCUT2D eigenvalue weighted by Crippen LogP contribution is -2.37. The smallest absolute Gasteiger partial charge is 0.166 e. The van der Waals surface area contributed by atoms with E-state index in [0.29, 0.717) is 17.1 Å². The summed E-state index contributed by atoms with van der Waals surface area (Å²) in [4.78, 5) is 15.2. The highest BCUT2D eigenvalue weighted by molar-refractivity contribution is 5.97. The number of likely N-dealkylation sites (tertiary alicyclic amines) is 1. The molecule has 0 N–H and O–H groups in total. The van der Waals surface area contributed by atoms with Gasteiger partial charge in [0.05, 0.1) is 25.7 Å². The minimum atomic E-state index is -0.563. The molecule has 1 heterocycles. The van der Waals surface area contributed by atoms with Crippen molar-refractivity contribution in [3.63, 3.8) is 0 Å². The molecule has 2 aromatic carbocycles. The van der Waals surface area contributed by atoms with E-state index in [1.807, 2.05) is 18.2 Å². The average Bonchev–Trinajstić information content (AvgIpc) is 2.90. The number of nitriles is 1. The fourth-order valence-corrected chi connectivity index (χ4v) is 5.08. The van der Waals surface area contributed by atoms with E-state index in [-0.39, 0.29) is 29.9 Å². The molecule has 1 saturated heterocycles. The molecule has 1 fully saturated rings. The minimum Gasteiger partial charge on any atom is -0.493 e. The van der Waals surface area contributed by atoms with E-state index in [2.05, 4.69) is 17.9 Å². The molecular formula is C29H38ClFN2O3. The van der Waals surface area contributed by atoms with E-state index < -0.39 is 5.41 Å². The van der Waals surface area contributed by atoms with Gasteiger partial charge in [0.25, 0.3) is 0 Å². The van der Waals surface area contributed by atoms with E-state index in [4.69, 9.17) is 9.47 Å². The van der Waals surface area contributed by atoms with Crippen molar-refractivity contribution in [1.29, 1.82) is 5.26 Å². The number of halogens is 2. The number of carbonyl (C=O) groups is 1. The van der Waals surface area contributed by atoms with E-state index in [9.17, 15) is 14.4 Å². The van der Waals surface area contributed by atoms with Crippen LogP contribution in [0.1, 0.15) is 67.8 Å². The summed E-state index contributed by atoms with van der Waals surface area (Å²) in [6, 6.07) is 14.3. The van der Waals surface area contributed by atoms with Crippen LogP contribution >= 0.6 is 12.4 Å². The lowest BCUT2D eigenvalue weighted by atomic mass is 9.74. The van der Waals surface area contributed by atoms with Gasteiger partial charge in [0.15, 0.2) is 17.3 Å². The van der Waals surface area contributed by atoms with Crippen molar-refractivity contribution >= 4 is 18.2 Å². The Morgan fingerprint density at radius 3 is 2.28 bits per heavy atom. The fraction of sp³-hybridized carbons (Fsp3) is 0.517. The summed E-state index contributed by atoms with van der Waals surface area (Å²) < 4.78 is 24.1. The largest absolute Gasteiger partial charge is 0.493 e. The third-order valence-corrected chi connectivity index (χ3v) is 7.27. The number of ether oxygens (including phenoxy) is 2. The molecule has 1 aliphatic heterocycles. The van der Waals surface area contributed by atoms with Crippen LogP contribution in [0.15, 0.2) is 42.5 Å². The molecule has 1 unspecified atom stereocenters. The van der Waals surface area contributed by atoms with Gasteiger partial charge in [-0.25, -0.2) is 4.39 Å². The second kappa shape index (κ2) is 14.2. The molecule has 2 aromatic rings. The number of unbranched alkanes of at least 4 members (excludes halogenated alkanes) is 1. The first-order valence-corrected chi connectivity index (χ1v) is 12.6. The average molecular weight is 517 g/mol. The maximum Gasteiger partial charge on any atom is 0.166 e. The predicted molar refractivity (Wildman–Crippen MR) is 143 cm³/mol. The van der Waals surface area contributed by atoms with Gasteiger partial charge in [-0.1, -0.05) is 25.8 Å². The fourth-order valence-electron chi connectivity index (χ4n) is 5.08. The third-order valence-electron chi connectivity index (χ3n) is 7.27. The molecule has 0 saturated carbocycles. The molecule has 0 radical (unpaired) electrons. The van der Waals surface area contributed by atoms with Crippen LogP contribution in [0.3, 0.4) is 0 Å². The first kappa shape index (κ1) is 29.6. The van der Waals surface area contributed by atoms with Gasteiger partial charge in [-0.05, 0) is 93.7 Å². The number of hydrogen-bond donors (Lipinski definition) is 0. The molecule has 36 heavy (non-hydrogen) atoms. The highest BCUT2D eigenvalue weighted by Crippen LogP contribution is 2.39. The Morgan fingerprint density at radius 1 is 1.06 bits per heavy atom. The number of nitrogens with zero attached hydrogens (tertiary/aromatic N) is 2. The Hall–Kier alpha value is -2.62. The lowest BCUT2D eigenvalue weighted by Gasteiger charge is -2.33. The molecule has 0 spiro atoms. The van der Waals surface area contributed by atoms with Crippen LogP contribution < -0.4 is 9.47 Å². The van der Waals surface area contributed by atoms with Crippen LogP contribution in [0.4, 0.5) is 4.39 Å². The van der Waals surface area contributed by atoms with Crippen molar-refractivity contribution in [3.05, 3.63) is 59.4 Å². The number of ketones is 1. The first-order valence-electron chi connectivity index (χ1n) is 12.6. The predicted octanol–water partition coefficient (Wildman–Crippen LogP) is 6.59. The van der Waals surface area contributed by atoms with Gasteiger partial charge in [0.1, 0.15) is 5.82 Å². The molecule has 5 nitrogen and oxygen atoms in total. The highest BCUT2D eigenvalue weighted by atomic mass is 35.5. The molecule has 3 rings (SSSR count). The summed E-state index contributed by atoms with van der Waals surface area (Å²) in [6.45, 7) is 4.78. The van der Waals surface area contributed by atoms with Gasteiger partial charge in [-0.2, -0.15) is 5.26 Å². The quantitative estimate of drug-likeness (QED) is 0.298. The van der Waals surface area contributed by atoms with Crippen LogP contribution in [-0.2, 0) is 5.41 Å². The molecule has 1 aliphatic rings. The first-order chi connectivity index (χ1) is 17.0. The zero-order valence-electron chi connectivity index (χ0n) is 21.6. The van der Waals surface area contributed by atoms with E-state index in [1.54, 1.807) is 26.4 Å².